The number of aromatic hydroxyl groups is 1. The van der Waals surface area contributed by atoms with Gasteiger partial charge in [0.05, 0.1) is 7.11 Å². The highest BCUT2D eigenvalue weighted by Gasteiger charge is 2.32. The Hall–Kier alpha value is -2.42. The van der Waals surface area contributed by atoms with E-state index < -0.39 is 0 Å². The van der Waals surface area contributed by atoms with Gasteiger partial charge in [-0.1, -0.05) is 31.2 Å². The number of benzene rings is 2. The molecular formula is C19H20O3. The predicted octanol–water partition coefficient (Wildman–Crippen LogP) is 4.67. The fourth-order valence-corrected chi connectivity index (χ4v) is 2.96. The second kappa shape index (κ2) is 5.76. The third-order valence-electron chi connectivity index (χ3n) is 4.12. The quantitative estimate of drug-likeness (QED) is 0.894. The molecule has 0 aromatic heterocycles. The lowest BCUT2D eigenvalue weighted by atomic mass is 9.92. The van der Waals surface area contributed by atoms with Crippen molar-refractivity contribution >= 4 is 6.08 Å². The normalized spacial score (nSPS) is 20.0. The topological polar surface area (TPSA) is 38.7 Å². The highest BCUT2D eigenvalue weighted by molar-refractivity contribution is 5.56. The number of hydrogen-bond donors (Lipinski definition) is 1. The first-order valence-corrected chi connectivity index (χ1v) is 7.44. The molecule has 2 unspecified atom stereocenters. The van der Waals surface area contributed by atoms with Gasteiger partial charge in [0.15, 0.2) is 11.5 Å². The van der Waals surface area contributed by atoms with E-state index in [9.17, 15) is 5.11 Å². The lowest BCUT2D eigenvalue weighted by Crippen LogP contribution is -2.07. The zero-order chi connectivity index (χ0) is 15.7. The Morgan fingerprint density at radius 3 is 2.73 bits per heavy atom. The molecule has 0 radical (unpaired) electrons. The number of allylic oxidation sites excluding steroid dienone is 1. The minimum Gasteiger partial charge on any atom is -0.504 e. The summed E-state index contributed by atoms with van der Waals surface area (Å²) in [6.07, 6.45) is 4.05. The molecule has 114 valence electrons. The van der Waals surface area contributed by atoms with Gasteiger partial charge < -0.3 is 14.6 Å². The van der Waals surface area contributed by atoms with E-state index in [0.717, 1.165) is 11.3 Å². The average molecular weight is 296 g/mol. The van der Waals surface area contributed by atoms with Gasteiger partial charge in [0.1, 0.15) is 11.9 Å². The van der Waals surface area contributed by atoms with Crippen molar-refractivity contribution in [2.24, 2.45) is 0 Å². The first-order valence-electron chi connectivity index (χ1n) is 7.44. The van der Waals surface area contributed by atoms with Crippen molar-refractivity contribution in [3.8, 4) is 17.2 Å². The van der Waals surface area contributed by atoms with Crippen molar-refractivity contribution in [1.29, 1.82) is 0 Å². The second-order valence-corrected chi connectivity index (χ2v) is 5.56. The Balaban J connectivity index is 1.95. The maximum atomic E-state index is 9.74. The summed E-state index contributed by atoms with van der Waals surface area (Å²) in [4.78, 5) is 0. The van der Waals surface area contributed by atoms with Crippen molar-refractivity contribution in [2.45, 2.75) is 25.9 Å². The number of phenolic OH excluding ortho intramolecular Hbond substituents is 1. The Morgan fingerprint density at radius 1 is 1.18 bits per heavy atom. The van der Waals surface area contributed by atoms with Gasteiger partial charge >= 0.3 is 0 Å². The Kier molecular flexibility index (Phi) is 3.80. The maximum absolute atomic E-state index is 9.74. The van der Waals surface area contributed by atoms with Crippen molar-refractivity contribution in [3.63, 3.8) is 0 Å². The van der Waals surface area contributed by atoms with E-state index in [2.05, 4.69) is 25.1 Å². The molecule has 0 bridgehead atoms. The maximum Gasteiger partial charge on any atom is 0.160 e. The molecule has 3 nitrogen and oxygen atoms in total. The molecule has 1 N–H and O–H groups in total. The summed E-state index contributed by atoms with van der Waals surface area (Å²) in [5, 5.41) is 9.74. The molecular weight excluding hydrogens is 276 g/mol. The summed E-state index contributed by atoms with van der Waals surface area (Å²) >= 11 is 0. The first kappa shape index (κ1) is 14.5. The molecule has 1 aliphatic rings. The molecule has 0 spiro atoms. The fraction of sp³-hybridized carbons (Fsp3) is 0.263. The molecule has 0 amide bonds. The molecule has 1 aliphatic heterocycles. The number of phenols is 1. The van der Waals surface area contributed by atoms with Crippen LogP contribution in [0.4, 0.5) is 0 Å². The summed E-state index contributed by atoms with van der Waals surface area (Å²) in [5.41, 5.74) is 3.40. The van der Waals surface area contributed by atoms with E-state index >= 15 is 0 Å². The largest absolute Gasteiger partial charge is 0.504 e. The molecule has 2 atom stereocenters. The van der Waals surface area contributed by atoms with Crippen LogP contribution >= 0.6 is 0 Å². The summed E-state index contributed by atoms with van der Waals surface area (Å²) < 4.78 is 11.3. The van der Waals surface area contributed by atoms with Crippen LogP contribution in [0.3, 0.4) is 0 Å². The summed E-state index contributed by atoms with van der Waals surface area (Å²) in [6.45, 7) is 4.17. The van der Waals surface area contributed by atoms with E-state index in [1.165, 1.54) is 11.1 Å². The lowest BCUT2D eigenvalue weighted by molar-refractivity contribution is 0.215. The van der Waals surface area contributed by atoms with E-state index in [1.807, 2.05) is 31.2 Å². The first-order chi connectivity index (χ1) is 10.6. The number of hydrogen-bond acceptors (Lipinski definition) is 3. The van der Waals surface area contributed by atoms with E-state index in [1.54, 1.807) is 13.2 Å². The molecule has 0 aliphatic carbocycles. The summed E-state index contributed by atoms with van der Waals surface area (Å²) in [5.74, 6) is 1.79. The van der Waals surface area contributed by atoms with Gasteiger partial charge in [-0.15, -0.1) is 0 Å². The van der Waals surface area contributed by atoms with Gasteiger partial charge in [0.25, 0.3) is 0 Å². The van der Waals surface area contributed by atoms with Gasteiger partial charge in [-0.25, -0.2) is 0 Å². The summed E-state index contributed by atoms with van der Waals surface area (Å²) in [7, 11) is 1.55. The van der Waals surface area contributed by atoms with Crippen LogP contribution in [0.15, 0.2) is 42.5 Å². The second-order valence-electron chi connectivity index (χ2n) is 5.56. The van der Waals surface area contributed by atoms with Crippen molar-refractivity contribution in [1.82, 2.24) is 0 Å². The number of methoxy groups -OCH3 is 1. The van der Waals surface area contributed by atoms with Crippen LogP contribution in [0.1, 0.15) is 42.6 Å². The van der Waals surface area contributed by atoms with Gasteiger partial charge in [-0.05, 0) is 42.3 Å². The van der Waals surface area contributed by atoms with Crippen molar-refractivity contribution < 1.29 is 14.6 Å². The van der Waals surface area contributed by atoms with Gasteiger partial charge in [-0.2, -0.15) is 0 Å². The molecule has 2 aromatic rings. The Labute approximate surface area is 130 Å². The molecule has 22 heavy (non-hydrogen) atoms. The molecule has 0 fully saturated rings. The third-order valence-corrected chi connectivity index (χ3v) is 4.12. The summed E-state index contributed by atoms with van der Waals surface area (Å²) in [6, 6.07) is 11.6. The smallest absolute Gasteiger partial charge is 0.160 e. The number of rotatable bonds is 3. The number of ether oxygens (including phenoxy) is 2. The van der Waals surface area contributed by atoms with Gasteiger partial charge in [0, 0.05) is 11.5 Å². The molecule has 3 rings (SSSR count). The molecule has 0 saturated carbocycles. The van der Waals surface area contributed by atoms with Crippen LogP contribution in [-0.4, -0.2) is 12.2 Å². The molecule has 3 heteroatoms. The minimum absolute atomic E-state index is 0.0645. The Morgan fingerprint density at radius 2 is 2.00 bits per heavy atom. The highest BCUT2D eigenvalue weighted by atomic mass is 16.5. The van der Waals surface area contributed by atoms with Crippen LogP contribution in [0.5, 0.6) is 17.2 Å². The van der Waals surface area contributed by atoms with Crippen LogP contribution in [0.2, 0.25) is 0 Å². The van der Waals surface area contributed by atoms with Crippen LogP contribution in [-0.2, 0) is 0 Å². The van der Waals surface area contributed by atoms with Gasteiger partial charge in [-0.3, -0.25) is 0 Å². The highest BCUT2D eigenvalue weighted by Crippen LogP contribution is 2.47. The average Bonchev–Trinajstić information content (AvgIpc) is 2.85. The van der Waals surface area contributed by atoms with E-state index in [0.29, 0.717) is 5.75 Å². The Bertz CT molecular complexity index is 719. The molecule has 0 saturated heterocycles. The molecule has 2 aromatic carbocycles. The fourth-order valence-electron chi connectivity index (χ4n) is 2.96. The standard InChI is InChI=1S/C19H20O3/c1-4-5-13-6-9-17-15(10-13)12(2)19(22-17)14-7-8-16(20)18(11-14)21-3/h4-12,19-20H,1-3H3. The predicted molar refractivity (Wildman–Crippen MR) is 87.6 cm³/mol. The van der Waals surface area contributed by atoms with E-state index in [-0.39, 0.29) is 17.8 Å². The zero-order valence-electron chi connectivity index (χ0n) is 13.0. The lowest BCUT2D eigenvalue weighted by Gasteiger charge is -2.17. The molecule has 1 heterocycles. The zero-order valence-corrected chi connectivity index (χ0v) is 13.0. The van der Waals surface area contributed by atoms with Crippen LogP contribution < -0.4 is 9.47 Å². The minimum atomic E-state index is -0.0645. The van der Waals surface area contributed by atoms with Crippen molar-refractivity contribution in [2.75, 3.05) is 7.11 Å². The van der Waals surface area contributed by atoms with Gasteiger partial charge in [0.2, 0.25) is 0 Å². The van der Waals surface area contributed by atoms with Crippen molar-refractivity contribution in [3.05, 3.63) is 59.2 Å². The monoisotopic (exact) mass is 296 g/mol. The van der Waals surface area contributed by atoms with Crippen LogP contribution in [0, 0.1) is 0 Å². The number of fused-ring (bicyclic) bond motifs is 1. The SMILES string of the molecule is CC=Cc1ccc2c(c1)C(C)C(c1ccc(O)c(OC)c1)O2. The third kappa shape index (κ3) is 2.43. The van der Waals surface area contributed by atoms with E-state index in [4.69, 9.17) is 9.47 Å². The van der Waals surface area contributed by atoms with Crippen LogP contribution in [0.25, 0.3) is 6.08 Å².